The van der Waals surface area contributed by atoms with E-state index >= 15 is 0 Å². The zero-order valence-electron chi connectivity index (χ0n) is 13.3. The number of likely N-dealkylation sites (N-methyl/N-ethyl adjacent to an activating group) is 1. The van der Waals surface area contributed by atoms with E-state index in [1.807, 2.05) is 17.9 Å². The van der Waals surface area contributed by atoms with Crippen LogP contribution in [0.3, 0.4) is 0 Å². The SMILES string of the molecule is CCN1CCN(C(=O)c2ccc(OC)c(C)c2OC)CC1. The molecule has 5 heteroatoms. The fraction of sp³-hybridized carbons (Fsp3) is 0.562. The normalized spacial score (nSPS) is 15.9. The summed E-state index contributed by atoms with van der Waals surface area (Å²) in [7, 11) is 3.21. The summed E-state index contributed by atoms with van der Waals surface area (Å²) in [5.74, 6) is 1.38. The highest BCUT2D eigenvalue weighted by Gasteiger charge is 2.25. The number of piperazine rings is 1. The van der Waals surface area contributed by atoms with Crippen LogP contribution in [0.25, 0.3) is 0 Å². The van der Waals surface area contributed by atoms with Gasteiger partial charge in [-0.1, -0.05) is 6.92 Å². The van der Waals surface area contributed by atoms with E-state index < -0.39 is 0 Å². The van der Waals surface area contributed by atoms with E-state index in [0.29, 0.717) is 11.3 Å². The van der Waals surface area contributed by atoms with Crippen LogP contribution in [0, 0.1) is 6.92 Å². The van der Waals surface area contributed by atoms with Crippen LogP contribution < -0.4 is 9.47 Å². The number of benzene rings is 1. The number of ether oxygens (including phenoxy) is 2. The average molecular weight is 292 g/mol. The van der Waals surface area contributed by atoms with Crippen molar-refractivity contribution >= 4 is 5.91 Å². The van der Waals surface area contributed by atoms with Gasteiger partial charge in [0.1, 0.15) is 11.5 Å². The van der Waals surface area contributed by atoms with E-state index in [-0.39, 0.29) is 5.91 Å². The maximum Gasteiger partial charge on any atom is 0.257 e. The lowest BCUT2D eigenvalue weighted by Crippen LogP contribution is -2.48. The lowest BCUT2D eigenvalue weighted by Gasteiger charge is -2.34. The Morgan fingerprint density at radius 1 is 1.14 bits per heavy atom. The predicted molar refractivity (Wildman–Crippen MR) is 82.3 cm³/mol. The molecule has 1 amide bonds. The third-order valence-electron chi connectivity index (χ3n) is 4.12. The molecule has 0 aliphatic carbocycles. The van der Waals surface area contributed by atoms with Crippen molar-refractivity contribution in [3.63, 3.8) is 0 Å². The second-order valence-corrected chi connectivity index (χ2v) is 5.20. The lowest BCUT2D eigenvalue weighted by atomic mass is 10.1. The summed E-state index contributed by atoms with van der Waals surface area (Å²) < 4.78 is 10.7. The molecule has 0 spiro atoms. The van der Waals surface area contributed by atoms with Crippen molar-refractivity contribution in [2.45, 2.75) is 13.8 Å². The first-order valence-corrected chi connectivity index (χ1v) is 7.35. The van der Waals surface area contributed by atoms with Gasteiger partial charge in [0, 0.05) is 31.7 Å². The van der Waals surface area contributed by atoms with Gasteiger partial charge < -0.3 is 19.3 Å². The minimum atomic E-state index is 0.0355. The molecule has 0 bridgehead atoms. The first-order chi connectivity index (χ1) is 10.1. The van der Waals surface area contributed by atoms with Gasteiger partial charge in [0.2, 0.25) is 0 Å². The van der Waals surface area contributed by atoms with Gasteiger partial charge in [-0.25, -0.2) is 0 Å². The number of carbonyl (C=O) groups is 1. The summed E-state index contributed by atoms with van der Waals surface area (Å²) in [4.78, 5) is 17.0. The molecule has 1 saturated heterocycles. The Hall–Kier alpha value is -1.75. The predicted octanol–water partition coefficient (Wildman–Crippen LogP) is 1.79. The first kappa shape index (κ1) is 15.6. The quantitative estimate of drug-likeness (QED) is 0.848. The molecular weight excluding hydrogens is 268 g/mol. The number of rotatable bonds is 4. The summed E-state index contributed by atoms with van der Waals surface area (Å²) in [6, 6.07) is 3.62. The first-order valence-electron chi connectivity index (χ1n) is 7.35. The molecule has 1 aromatic carbocycles. The zero-order valence-corrected chi connectivity index (χ0v) is 13.3. The monoisotopic (exact) mass is 292 g/mol. The highest BCUT2D eigenvalue weighted by molar-refractivity contribution is 5.97. The maximum atomic E-state index is 12.7. The van der Waals surface area contributed by atoms with E-state index in [4.69, 9.17) is 9.47 Å². The average Bonchev–Trinajstić information content (AvgIpc) is 2.54. The zero-order chi connectivity index (χ0) is 15.4. The summed E-state index contributed by atoms with van der Waals surface area (Å²) >= 11 is 0. The Morgan fingerprint density at radius 3 is 2.33 bits per heavy atom. The Morgan fingerprint density at radius 2 is 1.81 bits per heavy atom. The molecule has 0 radical (unpaired) electrons. The van der Waals surface area contributed by atoms with Crippen molar-refractivity contribution in [2.24, 2.45) is 0 Å². The highest BCUT2D eigenvalue weighted by Crippen LogP contribution is 2.32. The van der Waals surface area contributed by atoms with Crippen LogP contribution in [-0.2, 0) is 0 Å². The van der Waals surface area contributed by atoms with Crippen LogP contribution in [0.1, 0.15) is 22.8 Å². The molecular formula is C16H24N2O3. The third kappa shape index (κ3) is 3.13. The Bertz CT molecular complexity index is 508. The number of methoxy groups -OCH3 is 2. The summed E-state index contributed by atoms with van der Waals surface area (Å²) in [6.45, 7) is 8.48. The van der Waals surface area contributed by atoms with Crippen molar-refractivity contribution in [1.82, 2.24) is 9.80 Å². The van der Waals surface area contributed by atoms with Gasteiger partial charge in [-0.3, -0.25) is 4.79 Å². The molecule has 1 aliphatic rings. The molecule has 0 unspecified atom stereocenters. The molecule has 2 rings (SSSR count). The third-order valence-corrected chi connectivity index (χ3v) is 4.12. The Kier molecular flexibility index (Phi) is 5.07. The van der Waals surface area contributed by atoms with Crippen LogP contribution >= 0.6 is 0 Å². The topological polar surface area (TPSA) is 42.0 Å². The van der Waals surface area contributed by atoms with Gasteiger partial charge in [0.05, 0.1) is 19.8 Å². The molecule has 1 fully saturated rings. The Labute approximate surface area is 126 Å². The van der Waals surface area contributed by atoms with Gasteiger partial charge in [0.25, 0.3) is 5.91 Å². The molecule has 0 saturated carbocycles. The van der Waals surface area contributed by atoms with E-state index in [0.717, 1.165) is 44.0 Å². The van der Waals surface area contributed by atoms with Crippen LogP contribution in [0.2, 0.25) is 0 Å². The number of hydrogen-bond acceptors (Lipinski definition) is 4. The fourth-order valence-electron chi connectivity index (χ4n) is 2.76. The molecule has 21 heavy (non-hydrogen) atoms. The summed E-state index contributed by atoms with van der Waals surface area (Å²) in [6.07, 6.45) is 0. The summed E-state index contributed by atoms with van der Waals surface area (Å²) in [5, 5.41) is 0. The second-order valence-electron chi connectivity index (χ2n) is 5.20. The molecule has 0 atom stereocenters. The van der Waals surface area contributed by atoms with Crippen molar-refractivity contribution in [1.29, 1.82) is 0 Å². The second kappa shape index (κ2) is 6.80. The van der Waals surface area contributed by atoms with Gasteiger partial charge in [-0.05, 0) is 25.6 Å². The smallest absolute Gasteiger partial charge is 0.257 e. The van der Waals surface area contributed by atoms with Crippen LogP contribution in [0.15, 0.2) is 12.1 Å². The van der Waals surface area contributed by atoms with E-state index in [1.54, 1.807) is 20.3 Å². The molecule has 116 valence electrons. The van der Waals surface area contributed by atoms with E-state index in [2.05, 4.69) is 11.8 Å². The molecule has 1 heterocycles. The number of amides is 1. The molecule has 0 aromatic heterocycles. The minimum absolute atomic E-state index is 0.0355. The number of hydrogen-bond donors (Lipinski definition) is 0. The van der Waals surface area contributed by atoms with Gasteiger partial charge in [0.15, 0.2) is 0 Å². The molecule has 5 nitrogen and oxygen atoms in total. The number of carbonyl (C=O) groups excluding carboxylic acids is 1. The van der Waals surface area contributed by atoms with Gasteiger partial charge >= 0.3 is 0 Å². The van der Waals surface area contributed by atoms with Crippen molar-refractivity contribution in [3.05, 3.63) is 23.3 Å². The van der Waals surface area contributed by atoms with Gasteiger partial charge in [-0.2, -0.15) is 0 Å². The molecule has 1 aromatic rings. The fourth-order valence-corrected chi connectivity index (χ4v) is 2.76. The highest BCUT2D eigenvalue weighted by atomic mass is 16.5. The van der Waals surface area contributed by atoms with Gasteiger partial charge in [-0.15, -0.1) is 0 Å². The standard InChI is InChI=1S/C16H24N2O3/c1-5-17-8-10-18(11-9-17)16(19)13-6-7-14(20-3)12(2)15(13)21-4/h6-7H,5,8-11H2,1-4H3. The van der Waals surface area contributed by atoms with Crippen LogP contribution in [0.4, 0.5) is 0 Å². The lowest BCUT2D eigenvalue weighted by molar-refractivity contribution is 0.0640. The minimum Gasteiger partial charge on any atom is -0.496 e. The largest absolute Gasteiger partial charge is 0.496 e. The van der Waals surface area contributed by atoms with E-state index in [9.17, 15) is 4.79 Å². The molecule has 1 aliphatic heterocycles. The van der Waals surface area contributed by atoms with Crippen molar-refractivity contribution < 1.29 is 14.3 Å². The van der Waals surface area contributed by atoms with Crippen molar-refractivity contribution in [3.8, 4) is 11.5 Å². The Balaban J connectivity index is 2.22. The van der Waals surface area contributed by atoms with Crippen LogP contribution in [-0.4, -0.2) is 62.7 Å². The number of nitrogens with zero attached hydrogens (tertiary/aromatic N) is 2. The van der Waals surface area contributed by atoms with Crippen molar-refractivity contribution in [2.75, 3.05) is 46.9 Å². The van der Waals surface area contributed by atoms with E-state index in [1.165, 1.54) is 0 Å². The summed E-state index contributed by atoms with van der Waals surface area (Å²) in [5.41, 5.74) is 1.47. The maximum absolute atomic E-state index is 12.7. The molecule has 0 N–H and O–H groups in total. The van der Waals surface area contributed by atoms with Crippen LogP contribution in [0.5, 0.6) is 11.5 Å².